The van der Waals surface area contributed by atoms with E-state index in [4.69, 9.17) is 0 Å². The predicted octanol–water partition coefficient (Wildman–Crippen LogP) is 4.31. The maximum Gasteiger partial charge on any atom is 0.130 e. The smallest absolute Gasteiger partial charge is 0.130 e. The first kappa shape index (κ1) is 14.2. The largest absolute Gasteiger partial charge is 0.313 e. The summed E-state index contributed by atoms with van der Waals surface area (Å²) in [6, 6.07) is 7.85. The van der Waals surface area contributed by atoms with Gasteiger partial charge >= 0.3 is 0 Å². The molecule has 0 saturated carbocycles. The number of halogens is 2. The van der Waals surface area contributed by atoms with Crippen molar-refractivity contribution in [3.63, 3.8) is 0 Å². The average Bonchev–Trinajstić information content (AvgIpc) is 2.89. The molecule has 2 aromatic rings. The summed E-state index contributed by atoms with van der Waals surface area (Å²) >= 11 is 1.74. The van der Waals surface area contributed by atoms with Crippen LogP contribution >= 0.6 is 11.3 Å². The summed E-state index contributed by atoms with van der Waals surface area (Å²) in [4.78, 5) is 1.34. The lowest BCUT2D eigenvalue weighted by molar-refractivity contribution is 0.489. The lowest BCUT2D eigenvalue weighted by Gasteiger charge is -2.17. The quantitative estimate of drug-likeness (QED) is 0.832. The van der Waals surface area contributed by atoms with Crippen molar-refractivity contribution < 1.29 is 8.78 Å². The lowest BCUT2D eigenvalue weighted by Crippen LogP contribution is -2.18. The fourth-order valence-corrected chi connectivity index (χ4v) is 2.93. The molecular formula is C15H17F2NS. The van der Waals surface area contributed by atoms with Gasteiger partial charge in [0.25, 0.3) is 0 Å². The Balaban J connectivity index is 1.95. The summed E-state index contributed by atoms with van der Waals surface area (Å²) in [5.41, 5.74) is 0.537. The van der Waals surface area contributed by atoms with Crippen LogP contribution in [0.5, 0.6) is 0 Å². The fraction of sp³-hybridized carbons (Fsp3) is 0.333. The number of rotatable bonds is 6. The van der Waals surface area contributed by atoms with Gasteiger partial charge in [-0.05, 0) is 43.8 Å². The monoisotopic (exact) mass is 281 g/mol. The van der Waals surface area contributed by atoms with Gasteiger partial charge in [0.1, 0.15) is 11.6 Å². The van der Waals surface area contributed by atoms with Gasteiger partial charge in [0.2, 0.25) is 0 Å². The Labute approximate surface area is 116 Å². The Morgan fingerprint density at radius 2 is 2.11 bits per heavy atom. The Hall–Kier alpha value is -1.26. The minimum atomic E-state index is -0.533. The number of hydrogen-bond acceptors (Lipinski definition) is 2. The second kappa shape index (κ2) is 6.78. The van der Waals surface area contributed by atoms with E-state index in [2.05, 4.69) is 16.8 Å². The first-order valence-corrected chi connectivity index (χ1v) is 7.23. The average molecular weight is 281 g/mol. The van der Waals surface area contributed by atoms with Gasteiger partial charge < -0.3 is 5.32 Å². The normalized spacial score (nSPS) is 12.6. The Morgan fingerprint density at radius 3 is 2.74 bits per heavy atom. The number of thiophene rings is 1. The third-order valence-corrected chi connectivity index (χ3v) is 4.12. The van der Waals surface area contributed by atoms with Gasteiger partial charge in [0.15, 0.2) is 0 Å². The molecule has 0 saturated heterocycles. The molecule has 1 heterocycles. The van der Waals surface area contributed by atoms with E-state index in [0.717, 1.165) is 25.3 Å². The van der Waals surface area contributed by atoms with Gasteiger partial charge in [0.05, 0.1) is 0 Å². The minimum Gasteiger partial charge on any atom is -0.313 e. The summed E-state index contributed by atoms with van der Waals surface area (Å²) in [5.74, 6) is -1.01. The Kier molecular flexibility index (Phi) is 5.05. The van der Waals surface area contributed by atoms with E-state index in [1.807, 2.05) is 6.07 Å². The van der Waals surface area contributed by atoms with E-state index in [0.29, 0.717) is 5.56 Å². The molecule has 1 aromatic carbocycles. The molecule has 19 heavy (non-hydrogen) atoms. The summed E-state index contributed by atoms with van der Waals surface area (Å²) in [6.45, 7) is 0. The zero-order chi connectivity index (χ0) is 13.7. The van der Waals surface area contributed by atoms with Gasteiger partial charge in [-0.3, -0.25) is 0 Å². The van der Waals surface area contributed by atoms with Crippen molar-refractivity contribution in [3.05, 3.63) is 57.8 Å². The van der Waals surface area contributed by atoms with Crippen LogP contribution in [0.3, 0.4) is 0 Å². The molecule has 1 nitrogen and oxygen atoms in total. The molecule has 1 atom stereocenters. The molecule has 2 rings (SSSR count). The third kappa shape index (κ3) is 3.85. The Bertz CT molecular complexity index is 511. The summed E-state index contributed by atoms with van der Waals surface area (Å²) < 4.78 is 26.6. The van der Waals surface area contributed by atoms with Crippen molar-refractivity contribution in [1.29, 1.82) is 0 Å². The first-order chi connectivity index (χ1) is 9.20. The van der Waals surface area contributed by atoms with E-state index < -0.39 is 11.6 Å². The predicted molar refractivity (Wildman–Crippen MR) is 75.4 cm³/mol. The molecule has 0 aliphatic carbocycles. The van der Waals surface area contributed by atoms with Gasteiger partial charge in [-0.1, -0.05) is 12.1 Å². The molecule has 0 aliphatic heterocycles. The topological polar surface area (TPSA) is 12.0 Å². The number of benzene rings is 1. The molecule has 0 radical (unpaired) electrons. The molecule has 0 aliphatic rings. The molecular weight excluding hydrogens is 264 g/mol. The van der Waals surface area contributed by atoms with E-state index in [9.17, 15) is 8.78 Å². The highest BCUT2D eigenvalue weighted by Crippen LogP contribution is 2.23. The summed E-state index contributed by atoms with van der Waals surface area (Å²) in [6.07, 6.45) is 2.80. The van der Waals surface area contributed by atoms with Gasteiger partial charge in [-0.2, -0.15) is 0 Å². The van der Waals surface area contributed by atoms with Crippen LogP contribution < -0.4 is 5.32 Å². The number of aryl methyl sites for hydroxylation is 1. The van der Waals surface area contributed by atoms with Crippen LogP contribution in [0.15, 0.2) is 35.7 Å². The first-order valence-electron chi connectivity index (χ1n) is 6.35. The van der Waals surface area contributed by atoms with Crippen LogP contribution in [0.25, 0.3) is 0 Å². The second-order valence-electron chi connectivity index (χ2n) is 4.48. The van der Waals surface area contributed by atoms with Crippen molar-refractivity contribution in [3.8, 4) is 0 Å². The van der Waals surface area contributed by atoms with Gasteiger partial charge in [-0.15, -0.1) is 11.3 Å². The Morgan fingerprint density at radius 1 is 1.26 bits per heavy atom. The van der Waals surface area contributed by atoms with Crippen LogP contribution in [-0.2, 0) is 6.42 Å². The van der Waals surface area contributed by atoms with Crippen molar-refractivity contribution in [2.24, 2.45) is 0 Å². The van der Waals surface area contributed by atoms with Crippen molar-refractivity contribution in [1.82, 2.24) is 5.32 Å². The number of nitrogens with one attached hydrogen (secondary N) is 1. The van der Waals surface area contributed by atoms with E-state index >= 15 is 0 Å². The highest BCUT2D eigenvalue weighted by atomic mass is 32.1. The number of hydrogen-bond donors (Lipinski definition) is 1. The summed E-state index contributed by atoms with van der Waals surface area (Å²) in [7, 11) is 1.80. The zero-order valence-corrected chi connectivity index (χ0v) is 11.6. The van der Waals surface area contributed by atoms with Crippen LogP contribution in [-0.4, -0.2) is 7.05 Å². The van der Waals surface area contributed by atoms with Crippen molar-refractivity contribution >= 4 is 11.3 Å². The molecule has 0 amide bonds. The second-order valence-corrected chi connectivity index (χ2v) is 5.51. The SMILES string of the molecule is CNC(CCCc1cccs1)c1ccc(F)cc1F. The van der Waals surface area contributed by atoms with Crippen molar-refractivity contribution in [2.45, 2.75) is 25.3 Å². The highest BCUT2D eigenvalue weighted by molar-refractivity contribution is 7.09. The van der Waals surface area contributed by atoms with Crippen LogP contribution in [0, 0.1) is 11.6 Å². The highest BCUT2D eigenvalue weighted by Gasteiger charge is 2.14. The molecule has 0 spiro atoms. The van der Waals surface area contributed by atoms with Crippen LogP contribution in [0.1, 0.15) is 29.3 Å². The lowest BCUT2D eigenvalue weighted by atomic mass is 10.0. The molecule has 1 N–H and O–H groups in total. The van der Waals surface area contributed by atoms with Crippen LogP contribution in [0.2, 0.25) is 0 Å². The third-order valence-electron chi connectivity index (χ3n) is 3.18. The van der Waals surface area contributed by atoms with E-state index in [1.165, 1.54) is 17.0 Å². The molecule has 0 fully saturated rings. The molecule has 4 heteroatoms. The summed E-state index contributed by atoms with van der Waals surface area (Å²) in [5, 5.41) is 5.16. The molecule has 1 aromatic heterocycles. The van der Waals surface area contributed by atoms with Gasteiger partial charge in [0, 0.05) is 22.5 Å². The maximum absolute atomic E-state index is 13.7. The minimum absolute atomic E-state index is 0.0689. The molecule has 0 bridgehead atoms. The molecule has 1 unspecified atom stereocenters. The van der Waals surface area contributed by atoms with E-state index in [1.54, 1.807) is 18.4 Å². The van der Waals surface area contributed by atoms with Gasteiger partial charge in [-0.25, -0.2) is 8.78 Å². The van der Waals surface area contributed by atoms with Crippen LogP contribution in [0.4, 0.5) is 8.78 Å². The maximum atomic E-state index is 13.7. The fourth-order valence-electron chi connectivity index (χ4n) is 2.17. The standard InChI is InChI=1S/C15H17F2NS/c1-18-15(6-2-4-12-5-3-9-19-12)13-8-7-11(16)10-14(13)17/h3,5,7-10,15,18H,2,4,6H2,1H3. The van der Waals surface area contributed by atoms with E-state index in [-0.39, 0.29) is 6.04 Å². The molecule has 102 valence electrons. The zero-order valence-electron chi connectivity index (χ0n) is 10.8. The van der Waals surface area contributed by atoms with Crippen molar-refractivity contribution in [2.75, 3.05) is 7.05 Å².